The Morgan fingerprint density at radius 2 is 1.82 bits per heavy atom. The van der Waals surface area contributed by atoms with Crippen molar-refractivity contribution in [1.29, 1.82) is 0 Å². The second-order valence-electron chi connectivity index (χ2n) is 4.78. The number of hydrogen-bond donors (Lipinski definition) is 1. The van der Waals surface area contributed by atoms with Crippen LogP contribution in [0.1, 0.15) is 18.9 Å². The van der Waals surface area contributed by atoms with Crippen molar-refractivity contribution in [2.75, 3.05) is 13.1 Å². The molecule has 1 aliphatic heterocycles. The Hall–Kier alpha value is -0.280. The van der Waals surface area contributed by atoms with E-state index in [9.17, 15) is 0 Å². The average Bonchev–Trinajstić information content (AvgIpc) is 2.17. The molecule has 1 aromatic carbocycles. The minimum Gasteiger partial charge on any atom is -0.327 e. The van der Waals surface area contributed by atoms with Gasteiger partial charge in [0, 0.05) is 25.7 Å². The fraction of sp³-hybridized carbons (Fsp3) is 0.538. The van der Waals surface area contributed by atoms with Crippen molar-refractivity contribution in [1.82, 2.24) is 4.90 Å². The standard InChI is InChI=1S/C13H20N2.2ClH/c1-11-7-13(14)10-15(8-11)9-12-5-3-2-4-6-12;;/h2-6,11,13H,7-10,14H2,1H3;2*1H. The number of likely N-dealkylation sites (tertiary alicyclic amines) is 1. The predicted octanol–water partition coefficient (Wildman–Crippen LogP) is 2.70. The van der Waals surface area contributed by atoms with Crippen molar-refractivity contribution in [3.05, 3.63) is 35.9 Å². The Morgan fingerprint density at radius 3 is 2.41 bits per heavy atom. The van der Waals surface area contributed by atoms with Crippen molar-refractivity contribution in [3.63, 3.8) is 0 Å². The Balaban J connectivity index is 0.00000128. The molecule has 17 heavy (non-hydrogen) atoms. The van der Waals surface area contributed by atoms with Gasteiger partial charge in [-0.1, -0.05) is 37.3 Å². The summed E-state index contributed by atoms with van der Waals surface area (Å²) < 4.78 is 0. The monoisotopic (exact) mass is 276 g/mol. The van der Waals surface area contributed by atoms with Crippen LogP contribution in [0.5, 0.6) is 0 Å². The first-order valence-corrected chi connectivity index (χ1v) is 5.76. The van der Waals surface area contributed by atoms with Crippen LogP contribution in [0.4, 0.5) is 0 Å². The first-order chi connectivity index (χ1) is 7.24. The first-order valence-electron chi connectivity index (χ1n) is 5.76. The number of rotatable bonds is 2. The van der Waals surface area contributed by atoms with E-state index in [1.165, 1.54) is 18.5 Å². The number of piperidine rings is 1. The van der Waals surface area contributed by atoms with E-state index in [-0.39, 0.29) is 24.8 Å². The molecule has 0 spiro atoms. The van der Waals surface area contributed by atoms with Gasteiger partial charge >= 0.3 is 0 Å². The highest BCUT2D eigenvalue weighted by Crippen LogP contribution is 2.17. The summed E-state index contributed by atoms with van der Waals surface area (Å²) >= 11 is 0. The fourth-order valence-corrected chi connectivity index (χ4v) is 2.48. The molecule has 4 heteroatoms. The molecule has 1 aliphatic rings. The van der Waals surface area contributed by atoms with Crippen LogP contribution >= 0.6 is 24.8 Å². The topological polar surface area (TPSA) is 29.3 Å². The highest BCUT2D eigenvalue weighted by molar-refractivity contribution is 5.85. The lowest BCUT2D eigenvalue weighted by Gasteiger charge is -2.34. The third kappa shape index (κ3) is 5.26. The summed E-state index contributed by atoms with van der Waals surface area (Å²) in [5.41, 5.74) is 7.42. The van der Waals surface area contributed by atoms with E-state index < -0.39 is 0 Å². The summed E-state index contributed by atoms with van der Waals surface area (Å²) in [5.74, 6) is 0.734. The Labute approximate surface area is 116 Å². The van der Waals surface area contributed by atoms with E-state index >= 15 is 0 Å². The van der Waals surface area contributed by atoms with Gasteiger partial charge in [0.1, 0.15) is 0 Å². The van der Waals surface area contributed by atoms with Gasteiger partial charge in [0.25, 0.3) is 0 Å². The molecule has 2 N–H and O–H groups in total. The fourth-order valence-electron chi connectivity index (χ4n) is 2.48. The maximum Gasteiger partial charge on any atom is 0.0234 e. The smallest absolute Gasteiger partial charge is 0.0234 e. The summed E-state index contributed by atoms with van der Waals surface area (Å²) in [6.07, 6.45) is 1.17. The van der Waals surface area contributed by atoms with Crippen molar-refractivity contribution in [2.24, 2.45) is 11.7 Å². The van der Waals surface area contributed by atoms with Gasteiger partial charge in [-0.05, 0) is 17.9 Å². The van der Waals surface area contributed by atoms with Crippen LogP contribution < -0.4 is 5.73 Å². The summed E-state index contributed by atoms with van der Waals surface area (Å²) in [6.45, 7) is 5.55. The molecule has 2 rings (SSSR count). The second kappa shape index (κ2) is 7.93. The van der Waals surface area contributed by atoms with Crippen LogP contribution in [0.15, 0.2) is 30.3 Å². The van der Waals surface area contributed by atoms with E-state index in [2.05, 4.69) is 42.2 Å². The summed E-state index contributed by atoms with van der Waals surface area (Å²) in [6, 6.07) is 11.0. The molecule has 1 heterocycles. The summed E-state index contributed by atoms with van der Waals surface area (Å²) in [5, 5.41) is 0. The Kier molecular flexibility index (Phi) is 7.80. The van der Waals surface area contributed by atoms with Gasteiger partial charge < -0.3 is 5.73 Å². The van der Waals surface area contributed by atoms with Crippen LogP contribution in [-0.4, -0.2) is 24.0 Å². The molecule has 2 nitrogen and oxygen atoms in total. The summed E-state index contributed by atoms with van der Waals surface area (Å²) in [7, 11) is 0. The lowest BCUT2D eigenvalue weighted by Crippen LogP contribution is -2.45. The van der Waals surface area contributed by atoms with E-state index in [0.717, 1.165) is 19.0 Å². The number of nitrogens with two attached hydrogens (primary N) is 1. The van der Waals surface area contributed by atoms with Gasteiger partial charge in [-0.2, -0.15) is 0 Å². The molecule has 0 aliphatic carbocycles. The molecule has 0 amide bonds. The summed E-state index contributed by atoms with van der Waals surface area (Å²) in [4.78, 5) is 2.47. The zero-order valence-electron chi connectivity index (χ0n) is 10.2. The van der Waals surface area contributed by atoms with E-state index in [4.69, 9.17) is 5.73 Å². The van der Waals surface area contributed by atoms with E-state index in [0.29, 0.717) is 6.04 Å². The van der Waals surface area contributed by atoms with Crippen molar-refractivity contribution >= 4 is 24.8 Å². The molecule has 0 saturated carbocycles. The average molecular weight is 277 g/mol. The molecular weight excluding hydrogens is 255 g/mol. The van der Waals surface area contributed by atoms with Gasteiger partial charge in [0.2, 0.25) is 0 Å². The second-order valence-corrected chi connectivity index (χ2v) is 4.78. The van der Waals surface area contributed by atoms with Crippen LogP contribution in [0.25, 0.3) is 0 Å². The van der Waals surface area contributed by atoms with Gasteiger partial charge in [0.05, 0.1) is 0 Å². The van der Waals surface area contributed by atoms with Crippen molar-refractivity contribution in [2.45, 2.75) is 25.9 Å². The normalized spacial score (nSPS) is 24.6. The minimum absolute atomic E-state index is 0. The molecule has 1 aromatic rings. The van der Waals surface area contributed by atoms with Gasteiger partial charge in [-0.15, -0.1) is 24.8 Å². The zero-order chi connectivity index (χ0) is 10.7. The van der Waals surface area contributed by atoms with Crippen LogP contribution in [-0.2, 0) is 6.54 Å². The number of benzene rings is 1. The number of hydrogen-bond acceptors (Lipinski definition) is 2. The highest BCUT2D eigenvalue weighted by atomic mass is 35.5. The largest absolute Gasteiger partial charge is 0.327 e. The third-order valence-electron chi connectivity index (χ3n) is 3.02. The molecule has 0 radical (unpaired) electrons. The maximum atomic E-state index is 6.03. The number of halogens is 2. The molecule has 98 valence electrons. The van der Waals surface area contributed by atoms with Gasteiger partial charge in [-0.25, -0.2) is 0 Å². The van der Waals surface area contributed by atoms with E-state index in [1.807, 2.05) is 0 Å². The van der Waals surface area contributed by atoms with Crippen LogP contribution in [0.2, 0.25) is 0 Å². The van der Waals surface area contributed by atoms with E-state index in [1.54, 1.807) is 0 Å². The molecular formula is C13H22Cl2N2. The predicted molar refractivity (Wildman–Crippen MR) is 78.0 cm³/mol. The lowest BCUT2D eigenvalue weighted by molar-refractivity contribution is 0.158. The van der Waals surface area contributed by atoms with Gasteiger partial charge in [0.15, 0.2) is 0 Å². The Bertz CT molecular complexity index is 296. The Morgan fingerprint density at radius 1 is 1.18 bits per heavy atom. The molecule has 2 atom stereocenters. The first kappa shape index (κ1) is 16.7. The number of nitrogens with zero attached hydrogens (tertiary/aromatic N) is 1. The highest BCUT2D eigenvalue weighted by Gasteiger charge is 2.21. The van der Waals surface area contributed by atoms with Crippen LogP contribution in [0, 0.1) is 5.92 Å². The quantitative estimate of drug-likeness (QED) is 0.900. The lowest BCUT2D eigenvalue weighted by atomic mass is 9.96. The molecule has 0 aromatic heterocycles. The van der Waals surface area contributed by atoms with Crippen LogP contribution in [0.3, 0.4) is 0 Å². The molecule has 0 bridgehead atoms. The minimum atomic E-state index is 0. The molecule has 1 saturated heterocycles. The molecule has 2 unspecified atom stereocenters. The van der Waals surface area contributed by atoms with Crippen molar-refractivity contribution in [3.8, 4) is 0 Å². The zero-order valence-corrected chi connectivity index (χ0v) is 11.8. The maximum absolute atomic E-state index is 6.03. The third-order valence-corrected chi connectivity index (χ3v) is 3.02. The van der Waals surface area contributed by atoms with Crippen molar-refractivity contribution < 1.29 is 0 Å². The van der Waals surface area contributed by atoms with Gasteiger partial charge in [-0.3, -0.25) is 4.90 Å². The SMILES string of the molecule is CC1CC(N)CN(Cc2ccccc2)C1.Cl.Cl. The molecule has 1 fully saturated rings.